The van der Waals surface area contributed by atoms with Gasteiger partial charge in [-0.15, -0.1) is 0 Å². The average molecular weight is 313 g/mol. The molecule has 0 aliphatic heterocycles. The lowest BCUT2D eigenvalue weighted by Gasteiger charge is -2.17. The predicted molar refractivity (Wildman–Crippen MR) is 91.7 cm³/mol. The number of carbonyl (C=O) groups excluding carboxylic acids is 1. The number of carbonyl (C=O) groups is 1. The van der Waals surface area contributed by atoms with Crippen LogP contribution < -0.4 is 15.4 Å². The summed E-state index contributed by atoms with van der Waals surface area (Å²) in [6.07, 6.45) is 2.93. The molecule has 1 aromatic heterocycles. The van der Waals surface area contributed by atoms with E-state index < -0.39 is 6.10 Å². The van der Waals surface area contributed by atoms with Gasteiger partial charge in [-0.05, 0) is 50.1 Å². The largest absolute Gasteiger partial charge is 0.481 e. The van der Waals surface area contributed by atoms with Crippen LogP contribution in [0.4, 0.5) is 5.69 Å². The second-order valence-corrected chi connectivity index (χ2v) is 5.49. The Morgan fingerprint density at radius 2 is 2.09 bits per heavy atom. The van der Waals surface area contributed by atoms with Gasteiger partial charge in [0.05, 0.1) is 5.69 Å². The zero-order valence-electron chi connectivity index (χ0n) is 13.8. The number of rotatable bonds is 7. The van der Waals surface area contributed by atoms with Crippen molar-refractivity contribution < 1.29 is 9.53 Å². The molecule has 0 aliphatic rings. The van der Waals surface area contributed by atoms with E-state index in [0.29, 0.717) is 13.1 Å². The molecule has 122 valence electrons. The molecule has 0 saturated carbocycles. The summed E-state index contributed by atoms with van der Waals surface area (Å²) in [5, 5.41) is 6.05. The lowest BCUT2D eigenvalue weighted by Crippen LogP contribution is -2.38. The van der Waals surface area contributed by atoms with Crippen LogP contribution in [0.1, 0.15) is 18.1 Å². The molecule has 0 saturated heterocycles. The third kappa shape index (κ3) is 5.29. The normalized spacial score (nSPS) is 11.6. The Bertz CT molecular complexity index is 644. The lowest BCUT2D eigenvalue weighted by atomic mass is 10.1. The Morgan fingerprint density at radius 3 is 2.83 bits per heavy atom. The summed E-state index contributed by atoms with van der Waals surface area (Å²) in [6, 6.07) is 9.76. The Morgan fingerprint density at radius 1 is 1.26 bits per heavy atom. The van der Waals surface area contributed by atoms with E-state index in [0.717, 1.165) is 22.6 Å². The van der Waals surface area contributed by atoms with Crippen molar-refractivity contribution in [2.24, 2.45) is 0 Å². The zero-order valence-corrected chi connectivity index (χ0v) is 13.8. The van der Waals surface area contributed by atoms with E-state index in [9.17, 15) is 4.79 Å². The molecule has 2 rings (SSSR count). The molecule has 1 aromatic carbocycles. The third-order valence-electron chi connectivity index (χ3n) is 3.43. The highest BCUT2D eigenvalue weighted by atomic mass is 16.5. The minimum absolute atomic E-state index is 0.126. The van der Waals surface area contributed by atoms with Gasteiger partial charge in [-0.2, -0.15) is 0 Å². The molecule has 2 N–H and O–H groups in total. The number of nitrogens with one attached hydrogen (secondary N) is 2. The van der Waals surface area contributed by atoms with Crippen molar-refractivity contribution in [3.63, 3.8) is 0 Å². The summed E-state index contributed by atoms with van der Waals surface area (Å²) in [6.45, 7) is 6.88. The van der Waals surface area contributed by atoms with Gasteiger partial charge in [-0.1, -0.05) is 12.1 Å². The molecule has 0 radical (unpaired) electrons. The fourth-order valence-electron chi connectivity index (χ4n) is 2.08. The van der Waals surface area contributed by atoms with Crippen LogP contribution >= 0.6 is 0 Å². The number of anilines is 1. The van der Waals surface area contributed by atoms with E-state index in [1.165, 1.54) is 0 Å². The highest BCUT2D eigenvalue weighted by Crippen LogP contribution is 2.20. The average Bonchev–Trinajstić information content (AvgIpc) is 2.55. The minimum Gasteiger partial charge on any atom is -0.481 e. The van der Waals surface area contributed by atoms with E-state index >= 15 is 0 Å². The van der Waals surface area contributed by atoms with Crippen LogP contribution in [-0.4, -0.2) is 30.1 Å². The molecule has 0 spiro atoms. The molecule has 5 nitrogen and oxygen atoms in total. The van der Waals surface area contributed by atoms with Crippen molar-refractivity contribution >= 4 is 11.6 Å². The molecule has 1 amide bonds. The molecule has 1 atom stereocenters. The summed E-state index contributed by atoms with van der Waals surface area (Å²) in [5.74, 6) is 0.625. The van der Waals surface area contributed by atoms with Gasteiger partial charge in [-0.3, -0.25) is 9.78 Å². The van der Waals surface area contributed by atoms with Gasteiger partial charge in [0.15, 0.2) is 6.10 Å². The van der Waals surface area contributed by atoms with Crippen molar-refractivity contribution in [3.8, 4) is 5.75 Å². The maximum absolute atomic E-state index is 12.1. The van der Waals surface area contributed by atoms with Crippen molar-refractivity contribution in [2.75, 3.05) is 18.4 Å². The second kappa shape index (κ2) is 8.17. The summed E-state index contributed by atoms with van der Waals surface area (Å²) in [4.78, 5) is 16.1. The topological polar surface area (TPSA) is 63.2 Å². The Hall–Kier alpha value is -2.56. The Balaban J connectivity index is 1.75. The summed E-state index contributed by atoms with van der Waals surface area (Å²) in [5.41, 5.74) is 3.06. The number of aryl methyl sites for hydroxylation is 2. The highest BCUT2D eigenvalue weighted by molar-refractivity contribution is 5.80. The Labute approximate surface area is 137 Å². The van der Waals surface area contributed by atoms with Gasteiger partial charge in [-0.25, -0.2) is 0 Å². The Kier molecular flexibility index (Phi) is 5.97. The molecule has 0 unspecified atom stereocenters. The number of nitrogens with zero attached hydrogens (tertiary/aromatic N) is 1. The number of amides is 1. The highest BCUT2D eigenvalue weighted by Gasteiger charge is 2.15. The number of ether oxygens (including phenoxy) is 1. The molecular weight excluding hydrogens is 290 g/mol. The number of aromatic nitrogens is 1. The quantitative estimate of drug-likeness (QED) is 0.772. The zero-order chi connectivity index (χ0) is 16.7. The first-order valence-electron chi connectivity index (χ1n) is 7.72. The van der Waals surface area contributed by atoms with Gasteiger partial charge in [0.25, 0.3) is 5.91 Å². The van der Waals surface area contributed by atoms with E-state index in [2.05, 4.69) is 15.6 Å². The monoisotopic (exact) mass is 313 g/mol. The fraction of sp³-hybridized carbons (Fsp3) is 0.333. The predicted octanol–water partition coefficient (Wildman–Crippen LogP) is 2.69. The van der Waals surface area contributed by atoms with E-state index in [-0.39, 0.29) is 5.91 Å². The summed E-state index contributed by atoms with van der Waals surface area (Å²) in [7, 11) is 0. The maximum Gasteiger partial charge on any atom is 0.260 e. The SMILES string of the molecule is Cc1ccc(C)c(O[C@H](C)C(=O)NCCNc2cccnc2)c1. The molecule has 1 heterocycles. The van der Waals surface area contributed by atoms with E-state index in [1.807, 2.05) is 44.2 Å². The van der Waals surface area contributed by atoms with E-state index in [1.54, 1.807) is 19.3 Å². The first-order valence-corrected chi connectivity index (χ1v) is 7.72. The molecule has 0 fully saturated rings. The summed E-state index contributed by atoms with van der Waals surface area (Å²) >= 11 is 0. The van der Waals surface area contributed by atoms with Crippen molar-refractivity contribution in [2.45, 2.75) is 26.9 Å². The van der Waals surface area contributed by atoms with Crippen LogP contribution in [-0.2, 0) is 4.79 Å². The first kappa shape index (κ1) is 16.8. The van der Waals surface area contributed by atoms with Crippen LogP contribution in [0, 0.1) is 13.8 Å². The van der Waals surface area contributed by atoms with Crippen molar-refractivity contribution in [1.82, 2.24) is 10.3 Å². The minimum atomic E-state index is -0.533. The van der Waals surface area contributed by atoms with Crippen LogP contribution in [0.15, 0.2) is 42.7 Å². The van der Waals surface area contributed by atoms with Gasteiger partial charge in [0, 0.05) is 25.5 Å². The van der Waals surface area contributed by atoms with Gasteiger partial charge in [0.2, 0.25) is 0 Å². The van der Waals surface area contributed by atoms with Gasteiger partial charge in [0.1, 0.15) is 5.75 Å². The number of pyridine rings is 1. The number of benzene rings is 1. The maximum atomic E-state index is 12.1. The smallest absolute Gasteiger partial charge is 0.260 e. The third-order valence-corrected chi connectivity index (χ3v) is 3.43. The first-order chi connectivity index (χ1) is 11.1. The molecular formula is C18H23N3O2. The number of hydrogen-bond donors (Lipinski definition) is 2. The standard InChI is InChI=1S/C18H23N3O2/c1-13-6-7-14(2)17(11-13)23-15(3)18(22)21-10-9-20-16-5-4-8-19-12-16/h4-8,11-12,15,20H,9-10H2,1-3H3,(H,21,22)/t15-/m1/s1. The van der Waals surface area contributed by atoms with Crippen LogP contribution in [0.25, 0.3) is 0 Å². The molecule has 2 aromatic rings. The number of hydrogen-bond acceptors (Lipinski definition) is 4. The van der Waals surface area contributed by atoms with Crippen LogP contribution in [0.3, 0.4) is 0 Å². The van der Waals surface area contributed by atoms with Crippen LogP contribution in [0.5, 0.6) is 5.75 Å². The lowest BCUT2D eigenvalue weighted by molar-refractivity contribution is -0.127. The fourth-order valence-corrected chi connectivity index (χ4v) is 2.08. The van der Waals surface area contributed by atoms with Crippen LogP contribution in [0.2, 0.25) is 0 Å². The van der Waals surface area contributed by atoms with Crippen molar-refractivity contribution in [3.05, 3.63) is 53.9 Å². The summed E-state index contributed by atoms with van der Waals surface area (Å²) < 4.78 is 5.76. The second-order valence-electron chi connectivity index (χ2n) is 5.49. The van der Waals surface area contributed by atoms with E-state index in [4.69, 9.17) is 4.74 Å². The van der Waals surface area contributed by atoms with Crippen molar-refractivity contribution in [1.29, 1.82) is 0 Å². The molecule has 0 bridgehead atoms. The molecule has 5 heteroatoms. The molecule has 23 heavy (non-hydrogen) atoms. The van der Waals surface area contributed by atoms with Gasteiger partial charge >= 0.3 is 0 Å². The van der Waals surface area contributed by atoms with Gasteiger partial charge < -0.3 is 15.4 Å². The molecule has 0 aliphatic carbocycles.